The minimum Gasteiger partial charge on any atom is -0.481 e. The molecule has 1 aliphatic carbocycles. The number of benzene rings is 2. The smallest absolute Gasteiger partial charge is 0.305 e. The van der Waals surface area contributed by atoms with E-state index in [1.165, 1.54) is 31.3 Å². The average molecular weight is 1600 g/mol. The summed E-state index contributed by atoms with van der Waals surface area (Å²) in [5.74, 6) is -18.9. The van der Waals surface area contributed by atoms with E-state index >= 15 is 14.4 Å². The monoisotopic (exact) mass is 1600 g/mol. The van der Waals surface area contributed by atoms with Gasteiger partial charge in [0, 0.05) is 91.6 Å². The number of fused-ring (bicyclic) bond motifs is 36. The summed E-state index contributed by atoms with van der Waals surface area (Å²) in [6, 6.07) is 0.859. The number of amides is 12. The number of carbonyl (C=O) groups is 16. The number of aromatic nitrogens is 3. The first-order valence-corrected chi connectivity index (χ1v) is 39.1. The Hall–Kier alpha value is -11.2. The molecule has 3 saturated heterocycles. The van der Waals surface area contributed by atoms with E-state index in [1.54, 1.807) is 91.9 Å². The molecule has 2 bridgehead atoms. The Morgan fingerprint density at radius 1 is 0.704 bits per heavy atom. The van der Waals surface area contributed by atoms with E-state index in [2.05, 4.69) is 73.4 Å². The van der Waals surface area contributed by atoms with E-state index < -0.39 is 235 Å². The molecule has 2 aromatic heterocycles. The van der Waals surface area contributed by atoms with E-state index in [1.807, 2.05) is 24.3 Å². The number of hydrogen-bond acceptors (Lipinski definition) is 19. The van der Waals surface area contributed by atoms with Crippen molar-refractivity contribution in [3.05, 3.63) is 95.7 Å². The lowest BCUT2D eigenvalue weighted by atomic mass is 9.83. The number of imidazole rings is 1. The molecule has 2 aromatic carbocycles. The number of hydrogen-bond donors (Lipinski definition) is 17. The second kappa shape index (κ2) is 41.7. The fourth-order valence-corrected chi connectivity index (χ4v) is 14.4. The van der Waals surface area contributed by atoms with Gasteiger partial charge in [0.2, 0.25) is 70.9 Å². The number of H-pyrrole nitrogens is 2. The van der Waals surface area contributed by atoms with Crippen LogP contribution in [0.5, 0.6) is 0 Å². The first kappa shape index (κ1) is 91.0. The van der Waals surface area contributed by atoms with Crippen molar-refractivity contribution in [1.29, 1.82) is 0 Å². The third-order valence-electron chi connectivity index (χ3n) is 20.6. The molecule has 115 heavy (non-hydrogen) atoms. The van der Waals surface area contributed by atoms with Crippen molar-refractivity contribution >= 4 is 111 Å². The predicted octanol–water partition coefficient (Wildman–Crippen LogP) is 0.607. The lowest BCUT2D eigenvalue weighted by Gasteiger charge is -2.42. The number of aliphatic carboxylic acids is 2. The molecule has 12 amide bonds. The molecule has 0 spiro atoms. The zero-order chi connectivity index (χ0) is 84.8. The minimum atomic E-state index is -2.03. The zero-order valence-corrected chi connectivity index (χ0v) is 66.8. The van der Waals surface area contributed by atoms with Gasteiger partial charge >= 0.3 is 11.9 Å². The van der Waals surface area contributed by atoms with Gasteiger partial charge in [0.05, 0.1) is 43.5 Å². The molecule has 3 aliphatic heterocycles. The van der Waals surface area contributed by atoms with Crippen LogP contribution in [0.15, 0.2) is 73.3 Å². The summed E-state index contributed by atoms with van der Waals surface area (Å²) in [6.07, 6.45) is -0.0720. The standard InChI is InChI=1S/C80H112N16O19/c1-11-16-55-75(112)92-67(43(4)5)62(99)35-49(32-47-22-21-46-17-12-13-18-52(46)47)71(108)95-80(78(115)93-68(45(7)97)69(81)106)27-29-96(30-28-80)64(101)25-23-57(89-77(114)60(37-66(104)105)94-79(8,9)10)73(110)86-44(6)61(98)34-48(33-50-38-83-54-20-15-14-19-53(50)54)70(107)90-59(36-51-39-82-41-85-51)76(113)91-58(31-42(2)3)72(109)84-40-63(100)87-56(74(111)88-55)24-26-65(102)103/h12-15,17-20,22,38-39,41-45,48-49,55-60,67-68,83,94,97H,11,16,21,23-37,40H2,1-10H3,(H2,81,106)(H,82,85)(H,84,109)(H,86,110)(H,87,100)(H,88,111)(H,89,114)(H,90,107)(H,91,113)(H,92,112)(H,93,115)(H,95,108)(H,102,103)(H,104,105)/t44-,45?,48+,49+,55-,56-,57-,58-,59-,60-,67-,68-/m0/s1. The number of nitrogens with zero attached hydrogens (tertiary/aromatic N) is 2. The van der Waals surface area contributed by atoms with Crippen LogP contribution in [0.2, 0.25) is 0 Å². The Morgan fingerprint density at radius 2 is 1.34 bits per heavy atom. The molecule has 0 saturated carbocycles. The van der Waals surface area contributed by atoms with E-state index in [9.17, 15) is 77.6 Å². The van der Waals surface area contributed by atoms with Crippen LogP contribution in [0.3, 0.4) is 0 Å². The molecule has 4 aliphatic rings. The Labute approximate surface area is 666 Å². The largest absolute Gasteiger partial charge is 0.481 e. The summed E-state index contributed by atoms with van der Waals surface area (Å²) in [5.41, 5.74) is 6.74. The van der Waals surface area contributed by atoms with Crippen molar-refractivity contribution in [2.45, 2.75) is 244 Å². The number of aliphatic hydroxyl groups is 1. The van der Waals surface area contributed by atoms with Crippen LogP contribution in [-0.2, 0) is 96.0 Å². The zero-order valence-electron chi connectivity index (χ0n) is 66.8. The van der Waals surface area contributed by atoms with E-state index in [0.717, 1.165) is 11.1 Å². The molecule has 35 nitrogen and oxygen atoms in total. The van der Waals surface area contributed by atoms with Gasteiger partial charge in [-0.15, -0.1) is 0 Å². The maximum Gasteiger partial charge on any atom is 0.305 e. The number of carboxylic acids is 2. The van der Waals surface area contributed by atoms with Crippen molar-refractivity contribution in [3.63, 3.8) is 0 Å². The van der Waals surface area contributed by atoms with Crippen molar-refractivity contribution < 1.29 is 92.0 Å². The summed E-state index contributed by atoms with van der Waals surface area (Å²) in [7, 11) is 0. The topological polar surface area (TPSA) is 540 Å². The minimum absolute atomic E-state index is 0.0354. The van der Waals surface area contributed by atoms with Crippen molar-refractivity contribution in [2.24, 2.45) is 29.4 Å². The Balaban J connectivity index is 1.30. The molecule has 5 heterocycles. The maximum atomic E-state index is 15.5. The number of allylic oxidation sites excluding steroid dienone is 2. The molecular weight excluding hydrogens is 1490 g/mol. The first-order valence-electron chi connectivity index (χ1n) is 39.1. The molecule has 626 valence electrons. The summed E-state index contributed by atoms with van der Waals surface area (Å²) >= 11 is 0. The highest BCUT2D eigenvalue weighted by atomic mass is 16.4. The van der Waals surface area contributed by atoms with Crippen LogP contribution >= 0.6 is 0 Å². The second-order valence-corrected chi connectivity index (χ2v) is 31.9. The number of nitrogens with two attached hydrogens (primary N) is 1. The van der Waals surface area contributed by atoms with Gasteiger partial charge in [0.1, 0.15) is 41.8 Å². The van der Waals surface area contributed by atoms with E-state index in [-0.39, 0.29) is 70.4 Å². The summed E-state index contributed by atoms with van der Waals surface area (Å²) < 4.78 is 0. The Morgan fingerprint density at radius 3 is 1.97 bits per heavy atom. The summed E-state index contributed by atoms with van der Waals surface area (Å²) in [4.78, 5) is 240. The highest BCUT2D eigenvalue weighted by Gasteiger charge is 2.47. The number of carbonyl (C=O) groups excluding carboxylic acids is 14. The van der Waals surface area contributed by atoms with Gasteiger partial charge in [-0.1, -0.05) is 89.6 Å². The van der Waals surface area contributed by atoms with Crippen LogP contribution in [0.1, 0.15) is 175 Å². The second-order valence-electron chi connectivity index (χ2n) is 31.9. The number of aromatic amines is 2. The number of nitrogens with one attached hydrogen (secondary N) is 13. The van der Waals surface area contributed by atoms with Crippen LogP contribution in [0, 0.1) is 23.7 Å². The number of carboxylic acid groups (broad SMARTS) is 2. The van der Waals surface area contributed by atoms with Gasteiger partial charge in [0.15, 0.2) is 11.6 Å². The quantitative estimate of drug-likeness (QED) is 0.0452. The van der Waals surface area contributed by atoms with E-state index in [4.69, 9.17) is 5.73 Å². The lowest BCUT2D eigenvalue weighted by molar-refractivity contribution is -0.143. The van der Waals surface area contributed by atoms with Gasteiger partial charge in [-0.2, -0.15) is 0 Å². The molecule has 3 fully saturated rings. The van der Waals surface area contributed by atoms with Gasteiger partial charge < -0.3 is 94.4 Å². The summed E-state index contributed by atoms with van der Waals surface area (Å²) in [5, 5.41) is 60.4. The third-order valence-corrected chi connectivity index (χ3v) is 20.6. The molecule has 8 rings (SSSR count). The van der Waals surface area contributed by atoms with Crippen LogP contribution in [0.25, 0.3) is 16.5 Å². The van der Waals surface area contributed by atoms with Gasteiger partial charge in [-0.25, -0.2) is 4.98 Å². The number of Topliss-reactive ketones (excluding diaryl/α,β-unsaturated/α-hetero) is 2. The average Bonchev–Trinajstić information content (AvgIpc) is 1.76. The molecule has 18 N–H and O–H groups in total. The van der Waals surface area contributed by atoms with Gasteiger partial charge in [-0.05, 0) is 133 Å². The number of piperidine rings is 1. The number of rotatable bonds is 23. The van der Waals surface area contributed by atoms with Crippen LogP contribution in [-0.4, -0.2) is 221 Å². The highest BCUT2D eigenvalue weighted by Crippen LogP contribution is 2.35. The predicted molar refractivity (Wildman–Crippen MR) is 419 cm³/mol. The molecule has 4 aromatic rings. The molecule has 12 atom stereocenters. The van der Waals surface area contributed by atoms with Gasteiger partial charge in [-0.3, -0.25) is 76.7 Å². The number of ketones is 2. The van der Waals surface area contributed by atoms with Crippen molar-refractivity contribution in [2.75, 3.05) is 19.6 Å². The normalized spacial score (nSPS) is 24.3. The Kier molecular flexibility index (Phi) is 33.0. The molecule has 35 heteroatoms. The fourth-order valence-electron chi connectivity index (χ4n) is 14.4. The Bertz CT molecular complexity index is 4230. The lowest BCUT2D eigenvalue weighted by Crippen LogP contribution is -2.67. The SMILES string of the molecule is CCC[C@@H]1NC(=O)[C@H](CCC(=O)O)NC(=O)CNC(=O)[C@H](CC(C)C)NC(=O)[C@H](Cc2cnc[nH]2)NC(=O)[C@H](Cc2c[nH]c3ccccc23)CC(=O)[C@H](C)NC(=O)[C@@H](NC(=O)[C@H](CC(=O)O)NC(C)(C)C)CCC(=O)N2CCC(C(=O)N[C@H](C(N)=O)C(C)O)(CC2)NC(=O)[C@H](CC2=CCc3ccccc32)CC(=O)[C@H](C(C)C)NC1=O. The van der Waals surface area contributed by atoms with Crippen LogP contribution in [0.4, 0.5) is 0 Å². The number of aliphatic hydroxyl groups excluding tert-OH is 1. The molecular formula is C80H112N16O19. The van der Waals surface area contributed by atoms with E-state index in [0.29, 0.717) is 34.2 Å². The molecule has 0 radical (unpaired) electrons. The number of primary amides is 1. The summed E-state index contributed by atoms with van der Waals surface area (Å²) in [6.45, 7) is 14.5. The first-order chi connectivity index (χ1) is 54.2. The van der Waals surface area contributed by atoms with Gasteiger partial charge in [0.25, 0.3) is 0 Å². The van der Waals surface area contributed by atoms with Crippen molar-refractivity contribution in [1.82, 2.24) is 78.3 Å². The highest BCUT2D eigenvalue weighted by molar-refractivity contribution is 6.01. The molecule has 1 unspecified atom stereocenters. The van der Waals surface area contributed by atoms with Crippen molar-refractivity contribution in [3.8, 4) is 0 Å². The van der Waals surface area contributed by atoms with Crippen LogP contribution < -0.4 is 64.2 Å². The fraction of sp³-hybridized carbons (Fsp3) is 0.562. The number of para-hydroxylation sites is 1. The third kappa shape index (κ3) is 26.7. The maximum absolute atomic E-state index is 15.5.